The van der Waals surface area contributed by atoms with Gasteiger partial charge in [0, 0.05) is 31.5 Å². The van der Waals surface area contributed by atoms with Crippen molar-refractivity contribution in [1.82, 2.24) is 9.80 Å². The summed E-state index contributed by atoms with van der Waals surface area (Å²) < 4.78 is 5.58. The van der Waals surface area contributed by atoms with Crippen LogP contribution in [0, 0.1) is 5.92 Å². The second kappa shape index (κ2) is 9.22. The molecule has 148 valence electrons. The standard InChI is InChI=1S/C21H31N3O3/c1-2-13-27-19-6-3-16(4-7-19)5-8-20(25)24-14-18(15-24)23-11-9-17(10-12-23)21(22)26/h3-4,6-7,17-18H,2,5,8-15H2,1H3,(H2,22,26). The first-order chi connectivity index (χ1) is 13.1. The Labute approximate surface area is 161 Å². The number of likely N-dealkylation sites (tertiary alicyclic amines) is 2. The lowest BCUT2D eigenvalue weighted by Gasteiger charge is -2.47. The smallest absolute Gasteiger partial charge is 0.223 e. The number of benzene rings is 1. The van der Waals surface area contributed by atoms with Gasteiger partial charge in [-0.05, 0) is 56.5 Å². The summed E-state index contributed by atoms with van der Waals surface area (Å²) in [5.41, 5.74) is 6.56. The first kappa shape index (κ1) is 19.7. The Kier molecular flexibility index (Phi) is 6.72. The lowest BCUT2D eigenvalue weighted by atomic mass is 9.93. The van der Waals surface area contributed by atoms with Gasteiger partial charge in [0.1, 0.15) is 5.75 Å². The average molecular weight is 373 g/mol. The number of aryl methyl sites for hydroxylation is 1. The molecule has 2 heterocycles. The maximum absolute atomic E-state index is 12.4. The lowest BCUT2D eigenvalue weighted by molar-refractivity contribution is -0.139. The number of amides is 2. The fourth-order valence-corrected chi connectivity index (χ4v) is 3.82. The van der Waals surface area contributed by atoms with Gasteiger partial charge in [0.05, 0.1) is 6.61 Å². The van der Waals surface area contributed by atoms with Crippen LogP contribution in [0.2, 0.25) is 0 Å². The second-order valence-corrected chi connectivity index (χ2v) is 7.66. The maximum atomic E-state index is 12.4. The van der Waals surface area contributed by atoms with E-state index in [2.05, 4.69) is 11.8 Å². The molecule has 2 aliphatic rings. The molecule has 1 aromatic carbocycles. The van der Waals surface area contributed by atoms with Crippen LogP contribution >= 0.6 is 0 Å². The molecule has 0 unspecified atom stereocenters. The molecule has 27 heavy (non-hydrogen) atoms. The lowest BCUT2D eigenvalue weighted by Crippen LogP contribution is -2.62. The molecule has 2 fully saturated rings. The molecule has 0 spiro atoms. The fraction of sp³-hybridized carbons (Fsp3) is 0.619. The van der Waals surface area contributed by atoms with Gasteiger partial charge >= 0.3 is 0 Å². The molecular formula is C21H31N3O3. The molecule has 2 aliphatic heterocycles. The second-order valence-electron chi connectivity index (χ2n) is 7.66. The van der Waals surface area contributed by atoms with Crippen LogP contribution < -0.4 is 10.5 Å². The maximum Gasteiger partial charge on any atom is 0.223 e. The van der Waals surface area contributed by atoms with Gasteiger partial charge in [-0.15, -0.1) is 0 Å². The SMILES string of the molecule is CCCOc1ccc(CCC(=O)N2CC(N3CCC(C(N)=O)CC3)C2)cc1. The van der Waals surface area contributed by atoms with Gasteiger partial charge in [0.2, 0.25) is 11.8 Å². The number of hydrogen-bond acceptors (Lipinski definition) is 4. The normalized spacial score (nSPS) is 18.9. The number of carbonyl (C=O) groups is 2. The Morgan fingerprint density at radius 3 is 2.41 bits per heavy atom. The Morgan fingerprint density at radius 1 is 1.15 bits per heavy atom. The van der Waals surface area contributed by atoms with Gasteiger partial charge in [-0.25, -0.2) is 0 Å². The molecule has 0 bridgehead atoms. The van der Waals surface area contributed by atoms with Crippen LogP contribution in [0.5, 0.6) is 5.75 Å². The van der Waals surface area contributed by atoms with Crippen LogP contribution in [0.15, 0.2) is 24.3 Å². The van der Waals surface area contributed by atoms with Crippen molar-refractivity contribution in [3.8, 4) is 5.75 Å². The number of carbonyl (C=O) groups excluding carboxylic acids is 2. The van der Waals surface area contributed by atoms with Gasteiger partial charge in [-0.1, -0.05) is 19.1 Å². The minimum absolute atomic E-state index is 0.0258. The molecule has 0 aliphatic carbocycles. The van der Waals surface area contributed by atoms with Crippen LogP contribution in [0.1, 0.15) is 38.2 Å². The quantitative estimate of drug-likeness (QED) is 0.754. The highest BCUT2D eigenvalue weighted by atomic mass is 16.5. The molecule has 1 aromatic rings. The number of hydrogen-bond donors (Lipinski definition) is 1. The summed E-state index contributed by atoms with van der Waals surface area (Å²) in [6.07, 6.45) is 4.00. The molecular weight excluding hydrogens is 342 g/mol. The van der Waals surface area contributed by atoms with E-state index < -0.39 is 0 Å². The summed E-state index contributed by atoms with van der Waals surface area (Å²) >= 11 is 0. The van der Waals surface area contributed by atoms with E-state index in [1.165, 1.54) is 0 Å². The fourth-order valence-electron chi connectivity index (χ4n) is 3.82. The number of ether oxygens (including phenoxy) is 1. The van der Waals surface area contributed by atoms with Gasteiger partial charge < -0.3 is 15.4 Å². The van der Waals surface area contributed by atoms with Crippen molar-refractivity contribution >= 4 is 11.8 Å². The molecule has 0 atom stereocenters. The van der Waals surface area contributed by atoms with Crippen molar-refractivity contribution in [2.45, 2.75) is 45.1 Å². The molecule has 3 rings (SSSR count). The van der Waals surface area contributed by atoms with Gasteiger partial charge in [0.15, 0.2) is 0 Å². The number of primary amides is 1. The largest absolute Gasteiger partial charge is 0.494 e. The van der Waals surface area contributed by atoms with Crippen molar-refractivity contribution in [3.63, 3.8) is 0 Å². The summed E-state index contributed by atoms with van der Waals surface area (Å²) in [7, 11) is 0. The van der Waals surface area contributed by atoms with E-state index in [4.69, 9.17) is 10.5 Å². The minimum Gasteiger partial charge on any atom is -0.494 e. The van der Waals surface area contributed by atoms with Crippen molar-refractivity contribution in [2.24, 2.45) is 11.7 Å². The van der Waals surface area contributed by atoms with Crippen molar-refractivity contribution in [2.75, 3.05) is 32.8 Å². The van der Waals surface area contributed by atoms with Crippen molar-refractivity contribution < 1.29 is 14.3 Å². The van der Waals surface area contributed by atoms with Crippen molar-refractivity contribution in [1.29, 1.82) is 0 Å². The number of nitrogens with two attached hydrogens (primary N) is 1. The van der Waals surface area contributed by atoms with E-state index >= 15 is 0 Å². The van der Waals surface area contributed by atoms with Gasteiger partial charge in [-0.3, -0.25) is 14.5 Å². The highest BCUT2D eigenvalue weighted by Gasteiger charge is 2.36. The van der Waals surface area contributed by atoms with Gasteiger partial charge in [-0.2, -0.15) is 0 Å². The van der Waals surface area contributed by atoms with E-state index in [0.29, 0.717) is 12.5 Å². The third kappa shape index (κ3) is 5.22. The highest BCUT2D eigenvalue weighted by Crippen LogP contribution is 2.24. The van der Waals surface area contributed by atoms with Crippen molar-refractivity contribution in [3.05, 3.63) is 29.8 Å². The first-order valence-electron chi connectivity index (χ1n) is 10.1. The van der Waals surface area contributed by atoms with Gasteiger partial charge in [0.25, 0.3) is 0 Å². The first-order valence-corrected chi connectivity index (χ1v) is 10.1. The topological polar surface area (TPSA) is 75.9 Å². The summed E-state index contributed by atoms with van der Waals surface area (Å²) in [5.74, 6) is 0.963. The molecule has 0 aromatic heterocycles. The molecule has 2 amide bonds. The number of nitrogens with zero attached hydrogens (tertiary/aromatic N) is 2. The average Bonchev–Trinajstić information content (AvgIpc) is 2.65. The predicted molar refractivity (Wildman–Crippen MR) is 104 cm³/mol. The minimum atomic E-state index is -0.176. The monoisotopic (exact) mass is 373 g/mol. The molecule has 6 nitrogen and oxygen atoms in total. The van der Waals surface area contributed by atoms with Crippen LogP contribution in [-0.4, -0.2) is 60.4 Å². The Hall–Kier alpha value is -2.08. The van der Waals surface area contributed by atoms with E-state index in [0.717, 1.165) is 69.8 Å². The molecule has 2 saturated heterocycles. The summed E-state index contributed by atoms with van der Waals surface area (Å²) in [4.78, 5) is 28.0. The Bertz CT molecular complexity index is 633. The zero-order valence-corrected chi connectivity index (χ0v) is 16.2. The number of piperidine rings is 1. The molecule has 6 heteroatoms. The van der Waals surface area contributed by atoms with Crippen LogP contribution in [0.3, 0.4) is 0 Å². The van der Waals surface area contributed by atoms with E-state index in [1.54, 1.807) is 0 Å². The molecule has 2 N–H and O–H groups in total. The third-order valence-electron chi connectivity index (χ3n) is 5.69. The summed E-state index contributed by atoms with van der Waals surface area (Å²) in [6.45, 7) is 6.25. The third-order valence-corrected chi connectivity index (χ3v) is 5.69. The zero-order chi connectivity index (χ0) is 19.2. The van der Waals surface area contributed by atoms with Crippen LogP contribution in [-0.2, 0) is 16.0 Å². The molecule has 0 saturated carbocycles. The van der Waals surface area contributed by atoms with Crippen LogP contribution in [0.25, 0.3) is 0 Å². The Morgan fingerprint density at radius 2 is 1.81 bits per heavy atom. The number of rotatable bonds is 8. The Balaban J connectivity index is 1.35. The highest BCUT2D eigenvalue weighted by molar-refractivity contribution is 5.77. The predicted octanol–water partition coefficient (Wildman–Crippen LogP) is 1.82. The molecule has 0 radical (unpaired) electrons. The van der Waals surface area contributed by atoms with Crippen LogP contribution in [0.4, 0.5) is 0 Å². The van der Waals surface area contributed by atoms with E-state index in [-0.39, 0.29) is 17.7 Å². The summed E-state index contributed by atoms with van der Waals surface area (Å²) in [6, 6.07) is 8.48. The summed E-state index contributed by atoms with van der Waals surface area (Å²) in [5, 5.41) is 0. The zero-order valence-electron chi connectivity index (χ0n) is 16.2. The van der Waals surface area contributed by atoms with E-state index in [9.17, 15) is 9.59 Å². The van der Waals surface area contributed by atoms with E-state index in [1.807, 2.05) is 29.2 Å².